The summed E-state index contributed by atoms with van der Waals surface area (Å²) in [5.41, 5.74) is 0. The van der Waals surface area contributed by atoms with E-state index < -0.39 is 10.0 Å². The summed E-state index contributed by atoms with van der Waals surface area (Å²) in [6.45, 7) is 2.17. The van der Waals surface area contributed by atoms with Crippen molar-refractivity contribution in [1.29, 1.82) is 0 Å². The van der Waals surface area contributed by atoms with E-state index in [2.05, 4.69) is 4.72 Å². The number of sulfonamides is 1. The molecule has 0 aliphatic heterocycles. The number of rotatable bonds is 5. The molecule has 0 heterocycles. The van der Waals surface area contributed by atoms with Gasteiger partial charge in [-0.05, 0) is 18.1 Å². The third kappa shape index (κ3) is 3.63. The SMILES string of the molecule is CC(CCl)CNS(=O)(=O)c1ccccc1Cl. The first kappa shape index (κ1) is 13.8. The van der Waals surface area contributed by atoms with E-state index in [4.69, 9.17) is 23.2 Å². The molecule has 0 aliphatic rings. The topological polar surface area (TPSA) is 46.2 Å². The molecule has 1 N–H and O–H groups in total. The van der Waals surface area contributed by atoms with Gasteiger partial charge in [-0.3, -0.25) is 0 Å². The summed E-state index contributed by atoms with van der Waals surface area (Å²) < 4.78 is 26.1. The van der Waals surface area contributed by atoms with Crippen LogP contribution in [0.15, 0.2) is 29.2 Å². The molecule has 1 aromatic rings. The van der Waals surface area contributed by atoms with Crippen LogP contribution in [0.25, 0.3) is 0 Å². The number of hydrogen-bond donors (Lipinski definition) is 1. The van der Waals surface area contributed by atoms with Gasteiger partial charge in [0.05, 0.1) is 5.02 Å². The Bertz CT molecular complexity index is 448. The molecule has 0 aromatic heterocycles. The van der Waals surface area contributed by atoms with Crippen LogP contribution in [0.2, 0.25) is 5.02 Å². The van der Waals surface area contributed by atoms with Crippen LogP contribution >= 0.6 is 23.2 Å². The fourth-order valence-corrected chi connectivity index (χ4v) is 2.84. The van der Waals surface area contributed by atoms with E-state index in [0.717, 1.165) is 0 Å². The maximum atomic E-state index is 11.8. The molecule has 0 saturated heterocycles. The van der Waals surface area contributed by atoms with Gasteiger partial charge in [-0.1, -0.05) is 30.7 Å². The number of alkyl halides is 1. The van der Waals surface area contributed by atoms with Crippen molar-refractivity contribution in [3.05, 3.63) is 29.3 Å². The number of benzene rings is 1. The molecule has 16 heavy (non-hydrogen) atoms. The maximum absolute atomic E-state index is 11.8. The molecule has 0 saturated carbocycles. The van der Waals surface area contributed by atoms with Crippen molar-refractivity contribution in [2.75, 3.05) is 12.4 Å². The average molecular weight is 282 g/mol. The van der Waals surface area contributed by atoms with Gasteiger partial charge in [0.15, 0.2) is 0 Å². The number of hydrogen-bond acceptors (Lipinski definition) is 2. The third-order valence-corrected chi connectivity index (χ3v) is 4.46. The molecular formula is C10H13Cl2NO2S. The quantitative estimate of drug-likeness (QED) is 0.843. The smallest absolute Gasteiger partial charge is 0.211 e. The minimum Gasteiger partial charge on any atom is -0.211 e. The maximum Gasteiger partial charge on any atom is 0.242 e. The van der Waals surface area contributed by atoms with E-state index in [1.807, 2.05) is 6.92 Å². The summed E-state index contributed by atoms with van der Waals surface area (Å²) in [7, 11) is -3.54. The Morgan fingerprint density at radius 1 is 1.38 bits per heavy atom. The molecular weight excluding hydrogens is 269 g/mol. The molecule has 0 spiro atoms. The second kappa shape index (κ2) is 5.87. The average Bonchev–Trinajstić information content (AvgIpc) is 2.26. The van der Waals surface area contributed by atoms with Crippen molar-refractivity contribution >= 4 is 33.2 Å². The largest absolute Gasteiger partial charge is 0.242 e. The van der Waals surface area contributed by atoms with Crippen molar-refractivity contribution in [2.45, 2.75) is 11.8 Å². The van der Waals surface area contributed by atoms with Gasteiger partial charge in [0.2, 0.25) is 10.0 Å². The van der Waals surface area contributed by atoms with Crippen molar-refractivity contribution in [3.8, 4) is 0 Å². The van der Waals surface area contributed by atoms with E-state index >= 15 is 0 Å². The molecule has 3 nitrogen and oxygen atoms in total. The lowest BCUT2D eigenvalue weighted by molar-refractivity contribution is 0.562. The third-order valence-electron chi connectivity index (χ3n) is 2.01. The highest BCUT2D eigenvalue weighted by Crippen LogP contribution is 2.20. The van der Waals surface area contributed by atoms with Crippen LogP contribution in [0.3, 0.4) is 0 Å². The summed E-state index contributed by atoms with van der Waals surface area (Å²) >= 11 is 11.4. The molecule has 0 amide bonds. The van der Waals surface area contributed by atoms with Crippen molar-refractivity contribution < 1.29 is 8.42 Å². The Hall–Kier alpha value is -0.290. The van der Waals surface area contributed by atoms with Gasteiger partial charge in [-0.25, -0.2) is 13.1 Å². The van der Waals surface area contributed by atoms with Crippen LogP contribution in [-0.4, -0.2) is 20.8 Å². The van der Waals surface area contributed by atoms with Crippen LogP contribution in [-0.2, 0) is 10.0 Å². The molecule has 0 fully saturated rings. The Kier molecular flexibility index (Phi) is 5.05. The van der Waals surface area contributed by atoms with E-state index in [9.17, 15) is 8.42 Å². The second-order valence-corrected chi connectivity index (χ2v) is 5.99. The van der Waals surface area contributed by atoms with Crippen LogP contribution in [0.5, 0.6) is 0 Å². The molecule has 0 bridgehead atoms. The van der Waals surface area contributed by atoms with Gasteiger partial charge in [-0.2, -0.15) is 0 Å². The van der Waals surface area contributed by atoms with E-state index in [1.54, 1.807) is 18.2 Å². The van der Waals surface area contributed by atoms with Gasteiger partial charge >= 0.3 is 0 Å². The first-order valence-electron chi connectivity index (χ1n) is 4.77. The highest BCUT2D eigenvalue weighted by atomic mass is 35.5. The predicted molar refractivity (Wildman–Crippen MR) is 66.5 cm³/mol. The fourth-order valence-electron chi connectivity index (χ4n) is 1.05. The minimum atomic E-state index is -3.54. The van der Waals surface area contributed by atoms with Crippen LogP contribution < -0.4 is 4.72 Å². The van der Waals surface area contributed by atoms with Crippen molar-refractivity contribution in [3.63, 3.8) is 0 Å². The van der Waals surface area contributed by atoms with Crippen LogP contribution in [0.1, 0.15) is 6.92 Å². The van der Waals surface area contributed by atoms with Gasteiger partial charge in [0.1, 0.15) is 4.90 Å². The van der Waals surface area contributed by atoms with Gasteiger partial charge in [-0.15, -0.1) is 11.6 Å². The molecule has 1 rings (SSSR count). The highest BCUT2D eigenvalue weighted by Gasteiger charge is 2.17. The van der Waals surface area contributed by atoms with Crippen LogP contribution in [0.4, 0.5) is 0 Å². The zero-order valence-electron chi connectivity index (χ0n) is 8.78. The summed E-state index contributed by atoms with van der Waals surface area (Å²) in [6.07, 6.45) is 0. The Morgan fingerprint density at radius 3 is 2.56 bits per heavy atom. The molecule has 90 valence electrons. The fraction of sp³-hybridized carbons (Fsp3) is 0.400. The summed E-state index contributed by atoms with van der Waals surface area (Å²) in [5.74, 6) is 0.490. The molecule has 6 heteroatoms. The first-order valence-corrected chi connectivity index (χ1v) is 7.17. The lowest BCUT2D eigenvalue weighted by Crippen LogP contribution is -2.29. The monoisotopic (exact) mass is 281 g/mol. The van der Waals surface area contributed by atoms with Gasteiger partial charge < -0.3 is 0 Å². The van der Waals surface area contributed by atoms with E-state index in [1.165, 1.54) is 6.07 Å². The minimum absolute atomic E-state index is 0.0823. The van der Waals surface area contributed by atoms with E-state index in [-0.39, 0.29) is 15.8 Å². The van der Waals surface area contributed by atoms with Gasteiger partial charge in [0.25, 0.3) is 0 Å². The summed E-state index contributed by atoms with van der Waals surface area (Å²) in [4.78, 5) is 0.0958. The first-order chi connectivity index (χ1) is 7.47. The lowest BCUT2D eigenvalue weighted by atomic mass is 10.2. The summed E-state index contributed by atoms with van der Waals surface area (Å²) in [6, 6.07) is 6.32. The molecule has 0 radical (unpaired) electrons. The second-order valence-electron chi connectivity index (χ2n) is 3.54. The Morgan fingerprint density at radius 2 is 2.00 bits per heavy atom. The normalized spacial score (nSPS) is 13.7. The Labute approximate surface area is 106 Å². The van der Waals surface area contributed by atoms with Crippen molar-refractivity contribution in [1.82, 2.24) is 4.72 Å². The van der Waals surface area contributed by atoms with E-state index in [0.29, 0.717) is 12.4 Å². The predicted octanol–water partition coefficient (Wildman–Crippen LogP) is 2.49. The number of halogens is 2. The molecule has 0 aliphatic carbocycles. The van der Waals surface area contributed by atoms with Gasteiger partial charge in [0, 0.05) is 12.4 Å². The standard InChI is InChI=1S/C10H13Cl2NO2S/c1-8(6-11)7-13-16(14,15)10-5-3-2-4-9(10)12/h2-5,8,13H,6-7H2,1H3. The molecule has 1 aromatic carbocycles. The zero-order chi connectivity index (χ0) is 12.2. The van der Waals surface area contributed by atoms with Crippen molar-refractivity contribution in [2.24, 2.45) is 5.92 Å². The molecule has 1 unspecified atom stereocenters. The molecule has 1 atom stereocenters. The highest BCUT2D eigenvalue weighted by molar-refractivity contribution is 7.89. The summed E-state index contributed by atoms with van der Waals surface area (Å²) in [5, 5.41) is 0.216. The van der Waals surface area contributed by atoms with Crippen LogP contribution in [0, 0.1) is 5.92 Å². The Balaban J connectivity index is 2.83. The number of nitrogens with one attached hydrogen (secondary N) is 1. The lowest BCUT2D eigenvalue weighted by Gasteiger charge is -2.10. The zero-order valence-corrected chi connectivity index (χ0v) is 11.1.